The SMILES string of the molecule is CN=C(NCc1ncccc1C)NCC1(C)CCCS1. The zero-order valence-corrected chi connectivity index (χ0v) is 13.4. The van der Waals surface area contributed by atoms with Crippen LogP contribution in [0.5, 0.6) is 0 Å². The van der Waals surface area contributed by atoms with Crippen LogP contribution in [-0.2, 0) is 6.54 Å². The summed E-state index contributed by atoms with van der Waals surface area (Å²) in [5, 5.41) is 6.77. The van der Waals surface area contributed by atoms with Crippen LogP contribution in [0.1, 0.15) is 31.0 Å². The number of thioether (sulfide) groups is 1. The minimum absolute atomic E-state index is 0.346. The number of aryl methyl sites for hydroxylation is 1. The summed E-state index contributed by atoms with van der Waals surface area (Å²) in [7, 11) is 1.81. The number of hydrogen-bond donors (Lipinski definition) is 2. The normalized spacial score (nSPS) is 22.9. The van der Waals surface area contributed by atoms with Gasteiger partial charge in [-0.3, -0.25) is 9.98 Å². The van der Waals surface area contributed by atoms with Crippen molar-refractivity contribution in [2.24, 2.45) is 4.99 Å². The van der Waals surface area contributed by atoms with Crippen LogP contribution >= 0.6 is 11.8 Å². The molecular formula is C15H24N4S. The summed E-state index contributed by atoms with van der Waals surface area (Å²) >= 11 is 2.06. The molecular weight excluding hydrogens is 268 g/mol. The van der Waals surface area contributed by atoms with Crippen LogP contribution in [0.25, 0.3) is 0 Å². The molecule has 2 heterocycles. The Bertz CT molecular complexity index is 467. The Morgan fingerprint density at radius 1 is 1.50 bits per heavy atom. The molecule has 0 radical (unpaired) electrons. The van der Waals surface area contributed by atoms with Gasteiger partial charge in [0.25, 0.3) is 0 Å². The molecule has 20 heavy (non-hydrogen) atoms. The molecule has 1 fully saturated rings. The van der Waals surface area contributed by atoms with Crippen molar-refractivity contribution in [2.75, 3.05) is 19.3 Å². The van der Waals surface area contributed by atoms with Crippen molar-refractivity contribution in [1.29, 1.82) is 0 Å². The fraction of sp³-hybridized carbons (Fsp3) is 0.600. The number of hydrogen-bond acceptors (Lipinski definition) is 3. The van der Waals surface area contributed by atoms with E-state index in [9.17, 15) is 0 Å². The smallest absolute Gasteiger partial charge is 0.191 e. The lowest BCUT2D eigenvalue weighted by atomic mass is 10.1. The summed E-state index contributed by atoms with van der Waals surface area (Å²) in [4.78, 5) is 8.67. The highest BCUT2D eigenvalue weighted by atomic mass is 32.2. The molecule has 2 N–H and O–H groups in total. The zero-order valence-electron chi connectivity index (χ0n) is 12.6. The van der Waals surface area contributed by atoms with Gasteiger partial charge in [-0.05, 0) is 44.1 Å². The molecule has 1 saturated heterocycles. The molecule has 110 valence electrons. The lowest BCUT2D eigenvalue weighted by Gasteiger charge is -2.24. The van der Waals surface area contributed by atoms with Gasteiger partial charge in [0.15, 0.2) is 5.96 Å². The molecule has 0 saturated carbocycles. The zero-order chi connectivity index (χ0) is 14.4. The van der Waals surface area contributed by atoms with E-state index >= 15 is 0 Å². The maximum Gasteiger partial charge on any atom is 0.191 e. The third-order valence-corrected chi connectivity index (χ3v) is 5.23. The summed E-state index contributed by atoms with van der Waals surface area (Å²) < 4.78 is 0.346. The van der Waals surface area contributed by atoms with Gasteiger partial charge in [-0.15, -0.1) is 0 Å². The molecule has 4 nitrogen and oxygen atoms in total. The van der Waals surface area contributed by atoms with Gasteiger partial charge in [0.1, 0.15) is 0 Å². The van der Waals surface area contributed by atoms with Gasteiger partial charge in [-0.1, -0.05) is 6.07 Å². The molecule has 0 aromatic carbocycles. The molecule has 0 spiro atoms. The maximum atomic E-state index is 4.39. The fourth-order valence-electron chi connectivity index (χ4n) is 2.34. The van der Waals surface area contributed by atoms with Gasteiger partial charge in [0.2, 0.25) is 0 Å². The highest BCUT2D eigenvalue weighted by Gasteiger charge is 2.29. The van der Waals surface area contributed by atoms with E-state index in [0.717, 1.165) is 18.2 Å². The summed E-state index contributed by atoms with van der Waals surface area (Å²) in [6.07, 6.45) is 4.43. The van der Waals surface area contributed by atoms with Crippen molar-refractivity contribution >= 4 is 17.7 Å². The lowest BCUT2D eigenvalue weighted by molar-refractivity contribution is 0.584. The number of aromatic nitrogens is 1. The van der Waals surface area contributed by atoms with Crippen LogP contribution in [0.4, 0.5) is 0 Å². The van der Waals surface area contributed by atoms with Crippen LogP contribution in [-0.4, -0.2) is 35.0 Å². The van der Waals surface area contributed by atoms with Crippen molar-refractivity contribution in [3.63, 3.8) is 0 Å². The average Bonchev–Trinajstić information content (AvgIpc) is 2.88. The number of rotatable bonds is 4. The quantitative estimate of drug-likeness (QED) is 0.660. The van der Waals surface area contributed by atoms with Gasteiger partial charge in [0.05, 0.1) is 12.2 Å². The van der Waals surface area contributed by atoms with E-state index in [4.69, 9.17) is 0 Å². The Labute approximate surface area is 125 Å². The maximum absolute atomic E-state index is 4.39. The molecule has 1 atom stereocenters. The number of aliphatic imine (C=N–C) groups is 1. The summed E-state index contributed by atoms with van der Waals surface area (Å²) in [5.74, 6) is 2.13. The molecule has 1 unspecified atom stereocenters. The Kier molecular flexibility index (Phi) is 5.29. The topological polar surface area (TPSA) is 49.3 Å². The monoisotopic (exact) mass is 292 g/mol. The fourth-order valence-corrected chi connectivity index (χ4v) is 3.58. The molecule has 1 aromatic rings. The Hall–Kier alpha value is -1.23. The number of guanidine groups is 1. The molecule has 1 aliphatic heterocycles. The molecule has 2 rings (SSSR count). The molecule has 1 aromatic heterocycles. The first-order valence-electron chi connectivity index (χ1n) is 7.12. The number of nitrogens with zero attached hydrogens (tertiary/aromatic N) is 2. The van der Waals surface area contributed by atoms with Gasteiger partial charge in [-0.2, -0.15) is 11.8 Å². The van der Waals surface area contributed by atoms with Crippen molar-refractivity contribution in [3.8, 4) is 0 Å². The van der Waals surface area contributed by atoms with Gasteiger partial charge >= 0.3 is 0 Å². The minimum atomic E-state index is 0.346. The lowest BCUT2D eigenvalue weighted by Crippen LogP contribution is -2.43. The summed E-state index contributed by atoms with van der Waals surface area (Å²) in [5.41, 5.74) is 2.27. The second kappa shape index (κ2) is 6.97. The Balaban J connectivity index is 1.82. The van der Waals surface area contributed by atoms with Crippen molar-refractivity contribution < 1.29 is 0 Å². The van der Waals surface area contributed by atoms with E-state index in [-0.39, 0.29) is 0 Å². The van der Waals surface area contributed by atoms with E-state index in [1.165, 1.54) is 24.2 Å². The van der Waals surface area contributed by atoms with E-state index in [1.807, 2.05) is 19.3 Å². The van der Waals surface area contributed by atoms with Crippen LogP contribution in [0.2, 0.25) is 0 Å². The first kappa shape index (κ1) is 15.2. The molecule has 0 amide bonds. The Morgan fingerprint density at radius 2 is 2.35 bits per heavy atom. The summed E-state index contributed by atoms with van der Waals surface area (Å²) in [6, 6.07) is 4.04. The molecule has 1 aliphatic rings. The second-order valence-corrected chi connectivity index (χ2v) is 7.13. The van der Waals surface area contributed by atoms with Crippen molar-refractivity contribution in [3.05, 3.63) is 29.6 Å². The third-order valence-electron chi connectivity index (χ3n) is 3.69. The van der Waals surface area contributed by atoms with E-state index in [0.29, 0.717) is 11.3 Å². The first-order valence-corrected chi connectivity index (χ1v) is 8.10. The first-order chi connectivity index (χ1) is 9.63. The predicted octanol–water partition coefficient (Wildman–Crippen LogP) is 2.34. The number of nitrogens with one attached hydrogen (secondary N) is 2. The van der Waals surface area contributed by atoms with Crippen LogP contribution in [0.3, 0.4) is 0 Å². The van der Waals surface area contributed by atoms with E-state index in [1.54, 1.807) is 0 Å². The third kappa shape index (κ3) is 4.13. The van der Waals surface area contributed by atoms with E-state index < -0.39 is 0 Å². The second-order valence-electron chi connectivity index (χ2n) is 5.45. The van der Waals surface area contributed by atoms with Crippen LogP contribution in [0, 0.1) is 6.92 Å². The summed E-state index contributed by atoms with van der Waals surface area (Å²) in [6.45, 7) is 6.07. The molecule has 5 heteroatoms. The van der Waals surface area contributed by atoms with Crippen molar-refractivity contribution in [2.45, 2.75) is 38.0 Å². The van der Waals surface area contributed by atoms with Gasteiger partial charge in [-0.25, -0.2) is 0 Å². The highest BCUT2D eigenvalue weighted by molar-refractivity contribution is 8.00. The van der Waals surface area contributed by atoms with Gasteiger partial charge in [0, 0.05) is 24.5 Å². The molecule has 0 bridgehead atoms. The predicted molar refractivity (Wildman–Crippen MR) is 87.3 cm³/mol. The minimum Gasteiger partial charge on any atom is -0.355 e. The Morgan fingerprint density at radius 3 is 3.00 bits per heavy atom. The van der Waals surface area contributed by atoms with Gasteiger partial charge < -0.3 is 10.6 Å². The van der Waals surface area contributed by atoms with E-state index in [2.05, 4.69) is 52.3 Å². The van der Waals surface area contributed by atoms with Crippen molar-refractivity contribution in [1.82, 2.24) is 15.6 Å². The standard InChI is InChI=1S/C15H24N4S/c1-12-6-4-8-17-13(12)10-18-14(16-3)19-11-15(2)7-5-9-20-15/h4,6,8H,5,7,9-11H2,1-3H3,(H2,16,18,19). The van der Waals surface area contributed by atoms with Crippen LogP contribution in [0.15, 0.2) is 23.3 Å². The average molecular weight is 292 g/mol. The largest absolute Gasteiger partial charge is 0.355 e. The number of pyridine rings is 1. The van der Waals surface area contributed by atoms with Crippen LogP contribution < -0.4 is 10.6 Å². The highest BCUT2D eigenvalue weighted by Crippen LogP contribution is 2.36. The molecule has 0 aliphatic carbocycles.